The second-order valence-corrected chi connectivity index (χ2v) is 5.83. The summed E-state index contributed by atoms with van der Waals surface area (Å²) >= 11 is 0. The molecule has 0 bridgehead atoms. The molecule has 1 N–H and O–H groups in total. The number of ether oxygens (including phenoxy) is 1. The standard InChI is InChI=1S/C19H17N3O4/c1-13(21-10-9-14-5-3-4-6-15(14)12-21)19(23)20-17-11-16(22(24)25)7-8-18(17)26-2/h3-13H,1-2H3/p+1/t13-/m1/s1. The van der Waals surface area contributed by atoms with Crippen molar-refractivity contribution in [2.24, 2.45) is 0 Å². The first kappa shape index (κ1) is 17.3. The monoisotopic (exact) mass is 352 g/mol. The lowest BCUT2D eigenvalue weighted by Gasteiger charge is -2.12. The number of fused-ring (bicyclic) bond motifs is 1. The van der Waals surface area contributed by atoms with E-state index in [1.54, 1.807) is 11.5 Å². The average molecular weight is 352 g/mol. The number of hydrogen-bond donors (Lipinski definition) is 1. The molecule has 0 saturated heterocycles. The molecular formula is C19H18N3O4+. The van der Waals surface area contributed by atoms with Gasteiger partial charge in [-0.05, 0) is 17.5 Å². The molecule has 0 aliphatic rings. The molecule has 1 amide bonds. The number of aromatic nitrogens is 1. The van der Waals surface area contributed by atoms with Crippen molar-refractivity contribution in [3.8, 4) is 5.75 Å². The van der Waals surface area contributed by atoms with Crippen LogP contribution in [0.1, 0.15) is 13.0 Å². The number of anilines is 1. The van der Waals surface area contributed by atoms with Crippen molar-refractivity contribution in [3.63, 3.8) is 0 Å². The Kier molecular flexibility index (Phi) is 4.79. The quantitative estimate of drug-likeness (QED) is 0.434. The number of nitrogens with one attached hydrogen (secondary N) is 1. The summed E-state index contributed by atoms with van der Waals surface area (Å²) in [6.07, 6.45) is 3.72. The molecule has 0 aliphatic carbocycles. The molecule has 7 heteroatoms. The van der Waals surface area contributed by atoms with E-state index in [0.29, 0.717) is 5.75 Å². The first-order chi connectivity index (χ1) is 12.5. The zero-order chi connectivity index (χ0) is 18.7. The second-order valence-electron chi connectivity index (χ2n) is 5.83. The van der Waals surface area contributed by atoms with Gasteiger partial charge in [0.25, 0.3) is 11.6 Å². The molecule has 7 nitrogen and oxygen atoms in total. The highest BCUT2D eigenvalue weighted by atomic mass is 16.6. The smallest absolute Gasteiger partial charge is 0.293 e. The molecule has 26 heavy (non-hydrogen) atoms. The molecule has 1 heterocycles. The molecular weight excluding hydrogens is 334 g/mol. The van der Waals surface area contributed by atoms with Gasteiger partial charge in [-0.25, -0.2) is 0 Å². The Morgan fingerprint density at radius 2 is 1.92 bits per heavy atom. The van der Waals surface area contributed by atoms with Gasteiger partial charge in [0, 0.05) is 30.5 Å². The first-order valence-corrected chi connectivity index (χ1v) is 8.02. The zero-order valence-corrected chi connectivity index (χ0v) is 14.4. The topological polar surface area (TPSA) is 85.3 Å². The van der Waals surface area contributed by atoms with Crippen molar-refractivity contribution >= 4 is 28.1 Å². The Balaban J connectivity index is 1.86. The van der Waals surface area contributed by atoms with E-state index in [1.165, 1.54) is 25.3 Å². The molecule has 3 aromatic rings. The Morgan fingerprint density at radius 1 is 1.19 bits per heavy atom. The maximum absolute atomic E-state index is 12.6. The number of benzene rings is 2. The summed E-state index contributed by atoms with van der Waals surface area (Å²) in [5.74, 6) is 0.0590. The fourth-order valence-corrected chi connectivity index (χ4v) is 2.67. The minimum Gasteiger partial charge on any atom is -0.495 e. The third-order valence-electron chi connectivity index (χ3n) is 4.19. The van der Waals surface area contributed by atoms with Gasteiger partial charge in [0.15, 0.2) is 12.4 Å². The molecule has 0 radical (unpaired) electrons. The highest BCUT2D eigenvalue weighted by molar-refractivity contribution is 5.94. The highest BCUT2D eigenvalue weighted by Gasteiger charge is 2.24. The SMILES string of the molecule is COc1ccc([N+](=O)[O-])cc1NC(=O)[C@@H](C)[n+]1ccc2ccccc2c1. The number of non-ortho nitro benzene ring substituents is 1. The van der Waals surface area contributed by atoms with E-state index in [0.717, 1.165) is 10.8 Å². The lowest BCUT2D eigenvalue weighted by molar-refractivity contribution is -0.704. The van der Waals surface area contributed by atoms with Crippen LogP contribution in [-0.2, 0) is 4.79 Å². The lowest BCUT2D eigenvalue weighted by atomic mass is 10.1. The van der Waals surface area contributed by atoms with E-state index < -0.39 is 11.0 Å². The number of amides is 1. The van der Waals surface area contributed by atoms with Crippen LogP contribution in [0.3, 0.4) is 0 Å². The van der Waals surface area contributed by atoms with Crippen LogP contribution in [0.5, 0.6) is 5.75 Å². The third-order valence-corrected chi connectivity index (χ3v) is 4.19. The first-order valence-electron chi connectivity index (χ1n) is 8.02. The molecule has 132 valence electrons. The summed E-state index contributed by atoms with van der Waals surface area (Å²) in [5.41, 5.74) is 0.145. The molecule has 0 aliphatic heterocycles. The molecule has 0 spiro atoms. The van der Waals surface area contributed by atoms with Gasteiger partial charge >= 0.3 is 0 Å². The number of hydrogen-bond acceptors (Lipinski definition) is 4. The van der Waals surface area contributed by atoms with Gasteiger partial charge in [-0.2, -0.15) is 4.57 Å². The van der Waals surface area contributed by atoms with Gasteiger partial charge < -0.3 is 10.1 Å². The van der Waals surface area contributed by atoms with Crippen LogP contribution >= 0.6 is 0 Å². The Hall–Kier alpha value is -3.48. The lowest BCUT2D eigenvalue weighted by Crippen LogP contribution is -2.44. The minimum atomic E-state index is -0.517. The number of rotatable bonds is 5. The van der Waals surface area contributed by atoms with Crippen molar-refractivity contribution < 1.29 is 19.0 Å². The number of pyridine rings is 1. The van der Waals surface area contributed by atoms with Crippen LogP contribution in [0.25, 0.3) is 10.8 Å². The Bertz CT molecular complexity index is 987. The molecule has 0 fully saturated rings. The maximum Gasteiger partial charge on any atom is 0.293 e. The van der Waals surface area contributed by atoms with Crippen LogP contribution in [0.2, 0.25) is 0 Å². The summed E-state index contributed by atoms with van der Waals surface area (Å²) < 4.78 is 6.97. The van der Waals surface area contributed by atoms with Crippen LogP contribution in [-0.4, -0.2) is 17.9 Å². The number of carbonyl (C=O) groups is 1. The van der Waals surface area contributed by atoms with Crippen LogP contribution in [0.15, 0.2) is 60.9 Å². The molecule has 0 unspecified atom stereocenters. The average Bonchev–Trinajstić information content (AvgIpc) is 2.66. The van der Waals surface area contributed by atoms with Gasteiger partial charge in [-0.3, -0.25) is 14.9 Å². The molecule has 2 aromatic carbocycles. The summed E-state index contributed by atoms with van der Waals surface area (Å²) in [4.78, 5) is 23.1. The van der Waals surface area contributed by atoms with E-state index in [-0.39, 0.29) is 17.3 Å². The molecule has 3 rings (SSSR count). The van der Waals surface area contributed by atoms with Crippen molar-refractivity contribution in [1.82, 2.24) is 0 Å². The number of nitro benzene ring substituents is 1. The molecule has 1 aromatic heterocycles. The summed E-state index contributed by atoms with van der Waals surface area (Å²) in [6, 6.07) is 13.4. The summed E-state index contributed by atoms with van der Waals surface area (Å²) in [7, 11) is 1.44. The molecule has 0 saturated carbocycles. The largest absolute Gasteiger partial charge is 0.495 e. The van der Waals surface area contributed by atoms with Gasteiger partial charge in [-0.15, -0.1) is 0 Å². The van der Waals surface area contributed by atoms with Gasteiger partial charge in [0.05, 0.1) is 17.7 Å². The van der Waals surface area contributed by atoms with Gasteiger partial charge in [0.1, 0.15) is 5.75 Å². The summed E-state index contributed by atoms with van der Waals surface area (Å²) in [5, 5.41) is 15.8. The number of nitro groups is 1. The fraction of sp³-hybridized carbons (Fsp3) is 0.158. The number of methoxy groups -OCH3 is 1. The van der Waals surface area contributed by atoms with Gasteiger partial charge in [-0.1, -0.05) is 18.2 Å². The van der Waals surface area contributed by atoms with E-state index in [9.17, 15) is 14.9 Å². The van der Waals surface area contributed by atoms with Crippen molar-refractivity contribution in [2.45, 2.75) is 13.0 Å². The van der Waals surface area contributed by atoms with Crippen molar-refractivity contribution in [2.75, 3.05) is 12.4 Å². The van der Waals surface area contributed by atoms with Crippen molar-refractivity contribution in [1.29, 1.82) is 0 Å². The maximum atomic E-state index is 12.6. The predicted octanol–water partition coefficient (Wildman–Crippen LogP) is 3.24. The minimum absolute atomic E-state index is 0.118. The molecule has 1 atom stereocenters. The van der Waals surface area contributed by atoms with E-state index in [1.807, 2.05) is 42.7 Å². The number of nitrogens with zero attached hydrogens (tertiary/aromatic N) is 2. The Labute approximate surface area is 150 Å². The van der Waals surface area contributed by atoms with E-state index in [2.05, 4.69) is 5.32 Å². The van der Waals surface area contributed by atoms with Crippen LogP contribution < -0.4 is 14.6 Å². The Morgan fingerprint density at radius 3 is 2.62 bits per heavy atom. The fourth-order valence-electron chi connectivity index (χ4n) is 2.67. The predicted molar refractivity (Wildman–Crippen MR) is 97.1 cm³/mol. The highest BCUT2D eigenvalue weighted by Crippen LogP contribution is 2.29. The van der Waals surface area contributed by atoms with E-state index >= 15 is 0 Å². The van der Waals surface area contributed by atoms with Crippen molar-refractivity contribution in [3.05, 3.63) is 71.0 Å². The number of carbonyl (C=O) groups excluding carboxylic acids is 1. The van der Waals surface area contributed by atoms with Crippen LogP contribution in [0, 0.1) is 10.1 Å². The second kappa shape index (κ2) is 7.18. The third kappa shape index (κ3) is 3.46. The summed E-state index contributed by atoms with van der Waals surface area (Å²) in [6.45, 7) is 1.76. The van der Waals surface area contributed by atoms with E-state index in [4.69, 9.17) is 4.74 Å². The van der Waals surface area contributed by atoms with Crippen LogP contribution in [0.4, 0.5) is 11.4 Å². The zero-order valence-electron chi connectivity index (χ0n) is 14.4. The normalized spacial score (nSPS) is 11.8. The van der Waals surface area contributed by atoms with Gasteiger partial charge in [0.2, 0.25) is 6.04 Å².